The molecule has 0 unspecified atom stereocenters. The first-order chi connectivity index (χ1) is 13.0. The second-order valence-corrected chi connectivity index (χ2v) is 4.81. The highest BCUT2D eigenvalue weighted by molar-refractivity contribution is 5.99. The minimum absolute atomic E-state index is 0.0627. The molecule has 150 valence electrons. The number of carbonyl (C=O) groups is 2. The van der Waals surface area contributed by atoms with Gasteiger partial charge >= 0.3 is 0 Å². The first kappa shape index (κ1) is 29.3. The third kappa shape index (κ3) is 16.7. The summed E-state index contributed by atoms with van der Waals surface area (Å²) in [5.74, 6) is 0.229. The highest BCUT2D eigenvalue weighted by Gasteiger charge is 2.04. The molecule has 27 heavy (non-hydrogen) atoms. The van der Waals surface area contributed by atoms with Gasteiger partial charge in [0.15, 0.2) is 5.78 Å². The topological polar surface area (TPSA) is 34.1 Å². The zero-order valence-electron chi connectivity index (χ0n) is 18.7. The van der Waals surface area contributed by atoms with Crippen LogP contribution in [0.25, 0.3) is 5.57 Å². The smallest absolute Gasteiger partial charge is 0.153 e. The molecule has 2 aromatic rings. The lowest BCUT2D eigenvalue weighted by molar-refractivity contribution is -0.115. The molecule has 2 aromatic carbocycles. The number of allylic oxidation sites excluding steroid dienone is 1. The Kier molecular flexibility index (Phi) is 23.4. The van der Waals surface area contributed by atoms with E-state index in [1.165, 1.54) is 13.8 Å². The highest BCUT2D eigenvalue weighted by atomic mass is 16.1. The summed E-state index contributed by atoms with van der Waals surface area (Å²) >= 11 is 0. The van der Waals surface area contributed by atoms with Gasteiger partial charge in [0.1, 0.15) is 5.78 Å². The molecule has 0 aliphatic heterocycles. The zero-order valence-corrected chi connectivity index (χ0v) is 18.7. The lowest BCUT2D eigenvalue weighted by Gasteiger charge is -2.07. The third-order valence-corrected chi connectivity index (χ3v) is 2.52. The molecule has 0 aliphatic carbocycles. The summed E-state index contributed by atoms with van der Waals surface area (Å²) in [7, 11) is 0. The predicted molar refractivity (Wildman–Crippen MR) is 121 cm³/mol. The monoisotopic (exact) mass is 370 g/mol. The Morgan fingerprint density at radius 2 is 0.852 bits per heavy atom. The van der Waals surface area contributed by atoms with Crippen molar-refractivity contribution in [3.63, 3.8) is 0 Å². The van der Waals surface area contributed by atoms with Gasteiger partial charge in [0, 0.05) is 0 Å². The lowest BCUT2D eigenvalue weighted by Crippen LogP contribution is -1.91. The van der Waals surface area contributed by atoms with E-state index < -0.39 is 0 Å². The Labute approximate surface area is 167 Å². The second kappa shape index (κ2) is 21.6. The van der Waals surface area contributed by atoms with E-state index in [4.69, 9.17) is 0 Å². The molecule has 0 radical (unpaired) electrons. The summed E-state index contributed by atoms with van der Waals surface area (Å²) in [6.07, 6.45) is 1.69. The van der Waals surface area contributed by atoms with E-state index in [1.54, 1.807) is 13.0 Å². The quantitative estimate of drug-likeness (QED) is 0.528. The SMILES string of the molecule is CC.CC.CC.CC(=O)C=C(c1ccccc1)c1ccccc1.CC(C)=O. The number of carbonyl (C=O) groups excluding carboxylic acids is 2. The molecule has 2 nitrogen and oxygen atoms in total. The Hall–Kier alpha value is -2.48. The minimum atomic E-state index is 0.0627. The van der Waals surface area contributed by atoms with Crippen LogP contribution in [0.15, 0.2) is 66.7 Å². The molecule has 0 spiro atoms. The van der Waals surface area contributed by atoms with Crippen molar-refractivity contribution in [2.75, 3.05) is 0 Å². The van der Waals surface area contributed by atoms with Gasteiger partial charge in [0.2, 0.25) is 0 Å². The Bertz CT molecular complexity index is 566. The Balaban J connectivity index is -0.000000492. The van der Waals surface area contributed by atoms with E-state index in [9.17, 15) is 9.59 Å². The maximum absolute atomic E-state index is 11.3. The molecule has 0 saturated carbocycles. The number of Topliss-reactive ketones (excluding diaryl/α,β-unsaturated/α-hetero) is 1. The molecular formula is C25H38O2. The van der Waals surface area contributed by atoms with E-state index in [0.29, 0.717) is 0 Å². The summed E-state index contributed by atoms with van der Waals surface area (Å²) in [6.45, 7) is 16.6. The standard InChI is InChI=1S/C16H14O.C3H6O.3C2H6/c1-13(17)12-16(14-8-4-2-5-9-14)15-10-6-3-7-11-15;1-3(2)4;3*1-2/h2-12H,1H3;1-2H3;3*1-2H3. The molecule has 0 saturated heterocycles. The van der Waals surface area contributed by atoms with E-state index >= 15 is 0 Å². The molecule has 0 aliphatic rings. The summed E-state index contributed by atoms with van der Waals surface area (Å²) in [5, 5.41) is 0. The minimum Gasteiger partial charge on any atom is -0.300 e. The molecule has 0 amide bonds. The maximum atomic E-state index is 11.3. The van der Waals surface area contributed by atoms with Gasteiger partial charge in [-0.3, -0.25) is 4.79 Å². The fraction of sp³-hybridized carbons (Fsp3) is 0.360. The van der Waals surface area contributed by atoms with Crippen molar-refractivity contribution in [3.05, 3.63) is 77.9 Å². The van der Waals surface area contributed by atoms with Gasteiger partial charge in [-0.05, 0) is 43.5 Å². The average molecular weight is 371 g/mol. The van der Waals surface area contributed by atoms with E-state index in [-0.39, 0.29) is 11.6 Å². The number of hydrogen-bond donors (Lipinski definition) is 0. The molecule has 0 fully saturated rings. The molecule has 0 atom stereocenters. The van der Waals surface area contributed by atoms with Crippen molar-refractivity contribution in [2.45, 2.75) is 62.3 Å². The van der Waals surface area contributed by atoms with Gasteiger partial charge in [0.05, 0.1) is 0 Å². The van der Waals surface area contributed by atoms with Crippen LogP contribution in [0.2, 0.25) is 0 Å². The molecule has 0 bridgehead atoms. The molecule has 0 N–H and O–H groups in total. The fourth-order valence-electron chi connectivity index (χ4n) is 1.77. The van der Waals surface area contributed by atoms with Crippen LogP contribution >= 0.6 is 0 Å². The summed E-state index contributed by atoms with van der Waals surface area (Å²) in [6, 6.07) is 19.9. The number of rotatable bonds is 3. The van der Waals surface area contributed by atoms with Crippen LogP contribution in [0.5, 0.6) is 0 Å². The normalized spacial score (nSPS) is 7.74. The van der Waals surface area contributed by atoms with Gasteiger partial charge < -0.3 is 4.79 Å². The van der Waals surface area contributed by atoms with Crippen LogP contribution < -0.4 is 0 Å². The van der Waals surface area contributed by atoms with E-state index in [1.807, 2.05) is 102 Å². The van der Waals surface area contributed by atoms with Crippen molar-refractivity contribution in [2.24, 2.45) is 0 Å². The van der Waals surface area contributed by atoms with Crippen molar-refractivity contribution < 1.29 is 9.59 Å². The maximum Gasteiger partial charge on any atom is 0.153 e. The molecule has 2 heteroatoms. The second-order valence-electron chi connectivity index (χ2n) is 4.81. The van der Waals surface area contributed by atoms with Gasteiger partial charge in [0.25, 0.3) is 0 Å². The van der Waals surface area contributed by atoms with Gasteiger partial charge in [-0.2, -0.15) is 0 Å². The van der Waals surface area contributed by atoms with Gasteiger partial charge in [-0.1, -0.05) is 102 Å². The Morgan fingerprint density at radius 1 is 0.593 bits per heavy atom. The molecular weight excluding hydrogens is 332 g/mol. The lowest BCUT2D eigenvalue weighted by atomic mass is 9.97. The number of hydrogen-bond acceptors (Lipinski definition) is 2. The van der Waals surface area contributed by atoms with Gasteiger partial charge in [-0.25, -0.2) is 0 Å². The highest BCUT2D eigenvalue weighted by Crippen LogP contribution is 2.22. The molecule has 0 heterocycles. The first-order valence-electron chi connectivity index (χ1n) is 9.81. The van der Waals surface area contributed by atoms with Crippen LogP contribution in [-0.4, -0.2) is 11.6 Å². The van der Waals surface area contributed by atoms with Crippen LogP contribution in [-0.2, 0) is 9.59 Å². The number of ketones is 2. The molecule has 2 rings (SSSR count). The summed E-state index contributed by atoms with van der Waals surface area (Å²) in [4.78, 5) is 20.8. The van der Waals surface area contributed by atoms with Gasteiger partial charge in [-0.15, -0.1) is 0 Å². The van der Waals surface area contributed by atoms with E-state index in [0.717, 1.165) is 16.7 Å². The van der Waals surface area contributed by atoms with Crippen LogP contribution in [0.4, 0.5) is 0 Å². The fourth-order valence-corrected chi connectivity index (χ4v) is 1.77. The predicted octanol–water partition coefficient (Wildman–Crippen LogP) is 7.38. The average Bonchev–Trinajstić information content (AvgIpc) is 2.71. The van der Waals surface area contributed by atoms with Crippen molar-refractivity contribution in [1.29, 1.82) is 0 Å². The van der Waals surface area contributed by atoms with Crippen molar-refractivity contribution in [1.82, 2.24) is 0 Å². The first-order valence-corrected chi connectivity index (χ1v) is 9.81. The van der Waals surface area contributed by atoms with Crippen LogP contribution in [0, 0.1) is 0 Å². The summed E-state index contributed by atoms with van der Waals surface area (Å²) < 4.78 is 0. The van der Waals surface area contributed by atoms with Crippen molar-refractivity contribution >= 4 is 17.1 Å². The van der Waals surface area contributed by atoms with Crippen molar-refractivity contribution in [3.8, 4) is 0 Å². The van der Waals surface area contributed by atoms with E-state index in [2.05, 4.69) is 0 Å². The number of benzene rings is 2. The van der Waals surface area contributed by atoms with Crippen LogP contribution in [0.1, 0.15) is 73.4 Å². The zero-order chi connectivity index (χ0) is 21.7. The largest absolute Gasteiger partial charge is 0.300 e. The summed E-state index contributed by atoms with van der Waals surface area (Å²) in [5.41, 5.74) is 3.10. The third-order valence-electron chi connectivity index (χ3n) is 2.52. The molecule has 0 aromatic heterocycles. The Morgan fingerprint density at radius 3 is 1.07 bits per heavy atom. The van der Waals surface area contributed by atoms with Crippen LogP contribution in [0.3, 0.4) is 0 Å².